The lowest BCUT2D eigenvalue weighted by molar-refractivity contribution is -0.00200. The van der Waals surface area contributed by atoms with Gasteiger partial charge in [-0.3, -0.25) is 0 Å². The first-order valence-electron chi connectivity index (χ1n) is 6.34. The summed E-state index contributed by atoms with van der Waals surface area (Å²) in [6.45, 7) is 1.59. The fourth-order valence-corrected chi connectivity index (χ4v) is 2.70. The van der Waals surface area contributed by atoms with Crippen molar-refractivity contribution in [2.45, 2.75) is 36.3 Å². The van der Waals surface area contributed by atoms with Crippen LogP contribution in [0.25, 0.3) is 0 Å². The highest BCUT2D eigenvalue weighted by molar-refractivity contribution is 6.26. The normalized spacial score (nSPS) is 21.2. The summed E-state index contributed by atoms with van der Waals surface area (Å²) in [6.07, 6.45) is 2.58. The Hall–Kier alpha value is -1.53. The van der Waals surface area contributed by atoms with E-state index in [-0.39, 0.29) is 0 Å². The van der Waals surface area contributed by atoms with Crippen LogP contribution < -0.4 is 0 Å². The number of nitrogens with zero attached hydrogens (tertiary/aromatic N) is 4. The Morgan fingerprint density at radius 3 is 2.70 bits per heavy atom. The van der Waals surface area contributed by atoms with Gasteiger partial charge in [0.15, 0.2) is 6.33 Å². The third kappa shape index (κ3) is 1.99. The molecule has 0 bridgehead atoms. The van der Waals surface area contributed by atoms with E-state index in [2.05, 4.69) is 15.4 Å². The molecule has 0 aliphatic heterocycles. The summed E-state index contributed by atoms with van der Waals surface area (Å²) in [7, 11) is 0. The van der Waals surface area contributed by atoms with Gasteiger partial charge < -0.3 is 5.11 Å². The third-order valence-corrected chi connectivity index (χ3v) is 4.68. The molecule has 5 nitrogen and oxygen atoms in total. The second-order valence-corrected chi connectivity index (χ2v) is 6.02. The van der Waals surface area contributed by atoms with Crippen LogP contribution in [0, 0.1) is 5.82 Å². The highest BCUT2D eigenvalue weighted by Crippen LogP contribution is 2.55. The van der Waals surface area contributed by atoms with E-state index in [0.717, 1.165) is 0 Å². The Morgan fingerprint density at radius 1 is 1.45 bits per heavy atom. The van der Waals surface area contributed by atoms with Gasteiger partial charge in [0.25, 0.3) is 0 Å². The van der Waals surface area contributed by atoms with E-state index in [1.165, 1.54) is 17.2 Å². The highest BCUT2D eigenvalue weighted by atomic mass is 35.5. The van der Waals surface area contributed by atoms with Gasteiger partial charge in [0.05, 0.1) is 4.87 Å². The van der Waals surface area contributed by atoms with E-state index in [1.54, 1.807) is 25.1 Å². The average molecular weight is 297 g/mol. The minimum absolute atomic E-state index is 0.294. The zero-order chi connectivity index (χ0) is 14.4. The molecule has 7 heteroatoms. The van der Waals surface area contributed by atoms with Crippen molar-refractivity contribution in [3.63, 3.8) is 0 Å². The van der Waals surface area contributed by atoms with Crippen LogP contribution in [0.15, 0.2) is 30.6 Å². The molecule has 1 fully saturated rings. The van der Waals surface area contributed by atoms with Crippen molar-refractivity contribution < 1.29 is 9.50 Å². The summed E-state index contributed by atoms with van der Waals surface area (Å²) < 4.78 is 14.1. The van der Waals surface area contributed by atoms with Crippen molar-refractivity contribution in [3.05, 3.63) is 42.0 Å². The minimum Gasteiger partial charge on any atom is -0.386 e. The van der Waals surface area contributed by atoms with Gasteiger partial charge in [-0.15, -0.1) is 21.8 Å². The number of alkyl halides is 1. The summed E-state index contributed by atoms with van der Waals surface area (Å²) in [5, 5.41) is 22.3. The molecule has 1 saturated carbocycles. The summed E-state index contributed by atoms with van der Waals surface area (Å²) in [4.78, 5) is 0.425. The van der Waals surface area contributed by atoms with Gasteiger partial charge in [0.1, 0.15) is 17.5 Å². The number of hydrogen-bond donors (Lipinski definition) is 1. The molecular weight excluding hydrogens is 283 g/mol. The zero-order valence-corrected chi connectivity index (χ0v) is 11.6. The fraction of sp³-hybridized carbons (Fsp3) is 0.462. The molecule has 0 saturated heterocycles. The molecule has 1 aliphatic carbocycles. The summed E-state index contributed by atoms with van der Waals surface area (Å²) in [6, 6.07) is 5.40. The van der Waals surface area contributed by atoms with Gasteiger partial charge in [-0.05, 0) is 31.0 Å². The first-order valence-corrected chi connectivity index (χ1v) is 6.72. The molecule has 3 rings (SSSR count). The number of tetrazole rings is 1. The van der Waals surface area contributed by atoms with E-state index >= 15 is 0 Å². The van der Waals surface area contributed by atoms with Gasteiger partial charge in [0.2, 0.25) is 0 Å². The number of rotatable bonds is 4. The first-order chi connectivity index (χ1) is 9.46. The molecule has 1 N–H and O–H groups in total. The fourth-order valence-electron chi connectivity index (χ4n) is 2.50. The largest absolute Gasteiger partial charge is 0.386 e. The van der Waals surface area contributed by atoms with E-state index in [1.807, 2.05) is 0 Å². The van der Waals surface area contributed by atoms with Crippen LogP contribution in [-0.2, 0) is 0 Å². The van der Waals surface area contributed by atoms with Gasteiger partial charge in [-0.2, -0.15) is 4.80 Å². The Labute approximate surface area is 120 Å². The maximum Gasteiger partial charge on any atom is 0.162 e. The average Bonchev–Trinajstić information content (AvgIpc) is 2.97. The maximum atomic E-state index is 14.1. The maximum absolute atomic E-state index is 14.1. The van der Waals surface area contributed by atoms with Gasteiger partial charge in [-0.25, -0.2) is 4.39 Å². The third-order valence-electron chi connectivity index (χ3n) is 3.92. The van der Waals surface area contributed by atoms with E-state index in [4.69, 9.17) is 11.6 Å². The number of benzene rings is 1. The minimum atomic E-state index is -1.39. The number of hydrogen-bond acceptors (Lipinski definition) is 4. The molecule has 1 aromatic heterocycles. The van der Waals surface area contributed by atoms with Gasteiger partial charge in [0, 0.05) is 5.56 Å². The van der Waals surface area contributed by atoms with Crippen LogP contribution >= 0.6 is 11.6 Å². The first kappa shape index (κ1) is 13.5. The lowest BCUT2D eigenvalue weighted by Gasteiger charge is -2.36. The van der Waals surface area contributed by atoms with Gasteiger partial charge in [-0.1, -0.05) is 18.2 Å². The molecule has 2 atom stereocenters. The van der Waals surface area contributed by atoms with Crippen molar-refractivity contribution in [1.29, 1.82) is 0 Å². The van der Waals surface area contributed by atoms with Crippen LogP contribution in [0.1, 0.15) is 31.4 Å². The summed E-state index contributed by atoms with van der Waals surface area (Å²) in [5.74, 6) is -0.434. The molecule has 2 unspecified atom stereocenters. The molecule has 2 aromatic rings. The highest BCUT2D eigenvalue weighted by Gasteiger charge is 2.60. The molecular formula is C13H14ClFN4O. The Kier molecular flexibility index (Phi) is 3.02. The van der Waals surface area contributed by atoms with Crippen LogP contribution in [0.3, 0.4) is 0 Å². The Bertz CT molecular complexity index is 613. The van der Waals surface area contributed by atoms with Gasteiger partial charge >= 0.3 is 0 Å². The topological polar surface area (TPSA) is 63.8 Å². The smallest absolute Gasteiger partial charge is 0.162 e. The monoisotopic (exact) mass is 296 g/mol. The zero-order valence-electron chi connectivity index (χ0n) is 10.9. The summed E-state index contributed by atoms with van der Waals surface area (Å²) in [5.41, 5.74) is -1.10. The van der Waals surface area contributed by atoms with Crippen LogP contribution in [0.5, 0.6) is 0 Å². The second-order valence-electron chi connectivity index (χ2n) is 5.29. The van der Waals surface area contributed by atoms with E-state index < -0.39 is 22.3 Å². The molecule has 1 aromatic carbocycles. The predicted molar refractivity (Wildman–Crippen MR) is 70.8 cm³/mol. The van der Waals surface area contributed by atoms with Crippen LogP contribution in [-0.4, -0.2) is 35.8 Å². The second kappa shape index (κ2) is 4.49. The number of aliphatic hydroxyl groups is 1. The van der Waals surface area contributed by atoms with Crippen molar-refractivity contribution in [2.75, 3.05) is 0 Å². The van der Waals surface area contributed by atoms with Crippen LogP contribution in [0.2, 0.25) is 0 Å². The molecule has 20 heavy (non-hydrogen) atoms. The quantitative estimate of drug-likeness (QED) is 0.876. The van der Waals surface area contributed by atoms with Crippen molar-refractivity contribution in [3.8, 4) is 0 Å². The van der Waals surface area contributed by atoms with Crippen molar-refractivity contribution in [2.24, 2.45) is 0 Å². The van der Waals surface area contributed by atoms with Crippen molar-refractivity contribution in [1.82, 2.24) is 20.2 Å². The Balaban J connectivity index is 2.13. The number of aromatic nitrogens is 4. The lowest BCUT2D eigenvalue weighted by Crippen LogP contribution is -2.47. The van der Waals surface area contributed by atoms with E-state index in [0.29, 0.717) is 18.4 Å². The molecule has 0 spiro atoms. The SMILES string of the molecule is CC(O)(C(c1ccccc1F)n1ncnn1)C1(Cl)CC1. The standard InChI is InChI=1S/C13H14ClFN4O/c1-12(20,13(14)6-7-13)11(19-17-8-16-18-19)9-4-2-3-5-10(9)15/h2-5,8,11,20H,6-7H2,1H3. The lowest BCUT2D eigenvalue weighted by atomic mass is 9.85. The molecule has 1 heterocycles. The number of halogens is 2. The van der Waals surface area contributed by atoms with E-state index in [9.17, 15) is 9.50 Å². The molecule has 1 aliphatic rings. The predicted octanol–water partition coefficient (Wildman–Crippen LogP) is 1.92. The molecule has 106 valence electrons. The Morgan fingerprint density at radius 2 is 2.15 bits per heavy atom. The molecule has 0 amide bonds. The summed E-state index contributed by atoms with van der Waals surface area (Å²) >= 11 is 6.39. The van der Waals surface area contributed by atoms with Crippen LogP contribution in [0.4, 0.5) is 4.39 Å². The molecule has 0 radical (unpaired) electrons. The van der Waals surface area contributed by atoms with Crippen molar-refractivity contribution >= 4 is 11.6 Å².